The quantitative estimate of drug-likeness (QED) is 0.749. The summed E-state index contributed by atoms with van der Waals surface area (Å²) in [6, 6.07) is 5.97. The van der Waals surface area contributed by atoms with Crippen molar-refractivity contribution >= 4 is 5.91 Å². The van der Waals surface area contributed by atoms with Crippen molar-refractivity contribution in [2.24, 2.45) is 0 Å². The topological polar surface area (TPSA) is 41.6 Å². The minimum Gasteiger partial charge on any atom is -0.481 e. The van der Waals surface area contributed by atoms with Gasteiger partial charge in [0.2, 0.25) is 0 Å². The smallest absolute Gasteiger partial charge is 0.261 e. The molecule has 1 aliphatic rings. The Morgan fingerprint density at radius 3 is 2.65 bits per heavy atom. The molecule has 4 nitrogen and oxygen atoms in total. The monoisotopic (exact) mass is 318 g/mol. The predicted octanol–water partition coefficient (Wildman–Crippen LogP) is 3.06. The van der Waals surface area contributed by atoms with E-state index in [2.05, 4.69) is 24.1 Å². The van der Waals surface area contributed by atoms with Gasteiger partial charge in [-0.25, -0.2) is 0 Å². The Bertz CT molecular complexity index is 510. The van der Waals surface area contributed by atoms with Crippen LogP contribution in [0, 0.1) is 13.8 Å². The van der Waals surface area contributed by atoms with E-state index in [1.54, 1.807) is 0 Å². The molecule has 1 amide bonds. The van der Waals surface area contributed by atoms with Crippen LogP contribution < -0.4 is 10.1 Å². The van der Waals surface area contributed by atoms with Gasteiger partial charge in [0.1, 0.15) is 5.75 Å². The molecule has 128 valence electrons. The molecule has 1 aliphatic heterocycles. The van der Waals surface area contributed by atoms with E-state index in [1.807, 2.05) is 25.1 Å². The van der Waals surface area contributed by atoms with Crippen molar-refractivity contribution in [1.82, 2.24) is 10.2 Å². The Labute approximate surface area is 140 Å². The molecule has 0 radical (unpaired) electrons. The van der Waals surface area contributed by atoms with Crippen LogP contribution >= 0.6 is 0 Å². The number of ether oxygens (including phenoxy) is 1. The SMILES string of the molecule is CC[C@H](Oc1ccc(C)c(C)c1)C(=O)NCCCN1CCCC1. The van der Waals surface area contributed by atoms with E-state index in [9.17, 15) is 4.79 Å². The fraction of sp³-hybridized carbons (Fsp3) is 0.632. The number of rotatable bonds is 8. The van der Waals surface area contributed by atoms with Crippen LogP contribution in [0.15, 0.2) is 18.2 Å². The minimum absolute atomic E-state index is 0.00727. The highest BCUT2D eigenvalue weighted by molar-refractivity contribution is 5.81. The molecular weight excluding hydrogens is 288 g/mol. The molecule has 0 bridgehead atoms. The van der Waals surface area contributed by atoms with Crippen LogP contribution in [0.3, 0.4) is 0 Å². The molecule has 1 fully saturated rings. The number of hydrogen-bond donors (Lipinski definition) is 1. The molecule has 0 unspecified atom stereocenters. The van der Waals surface area contributed by atoms with Crippen molar-refractivity contribution in [3.8, 4) is 5.75 Å². The second kappa shape index (κ2) is 8.92. The van der Waals surface area contributed by atoms with Gasteiger partial charge in [0, 0.05) is 6.54 Å². The number of carbonyl (C=O) groups is 1. The van der Waals surface area contributed by atoms with Gasteiger partial charge in [-0.15, -0.1) is 0 Å². The lowest BCUT2D eigenvalue weighted by atomic mass is 10.1. The third-order valence-corrected chi connectivity index (χ3v) is 4.57. The Morgan fingerprint density at radius 2 is 2.00 bits per heavy atom. The molecular formula is C19H30N2O2. The Kier molecular flexibility index (Phi) is 6.90. The van der Waals surface area contributed by atoms with Crippen molar-refractivity contribution < 1.29 is 9.53 Å². The molecule has 1 atom stereocenters. The fourth-order valence-electron chi connectivity index (χ4n) is 2.91. The van der Waals surface area contributed by atoms with Crippen LogP contribution in [0.25, 0.3) is 0 Å². The lowest BCUT2D eigenvalue weighted by molar-refractivity contribution is -0.128. The van der Waals surface area contributed by atoms with Crippen LogP contribution in [0.5, 0.6) is 5.75 Å². The van der Waals surface area contributed by atoms with Gasteiger partial charge in [0.25, 0.3) is 5.91 Å². The Morgan fingerprint density at radius 1 is 1.26 bits per heavy atom. The molecule has 1 heterocycles. The number of likely N-dealkylation sites (tertiary alicyclic amines) is 1. The highest BCUT2D eigenvalue weighted by Gasteiger charge is 2.18. The van der Waals surface area contributed by atoms with Gasteiger partial charge in [0.05, 0.1) is 0 Å². The highest BCUT2D eigenvalue weighted by atomic mass is 16.5. The van der Waals surface area contributed by atoms with Gasteiger partial charge in [-0.1, -0.05) is 13.0 Å². The molecule has 1 aromatic carbocycles. The maximum absolute atomic E-state index is 12.3. The number of carbonyl (C=O) groups excluding carboxylic acids is 1. The summed E-state index contributed by atoms with van der Waals surface area (Å²) in [6.07, 6.45) is 3.89. The summed E-state index contributed by atoms with van der Waals surface area (Å²) < 4.78 is 5.87. The zero-order valence-corrected chi connectivity index (χ0v) is 14.7. The first-order valence-electron chi connectivity index (χ1n) is 8.84. The summed E-state index contributed by atoms with van der Waals surface area (Å²) in [5.41, 5.74) is 2.42. The van der Waals surface area contributed by atoms with Crippen molar-refractivity contribution in [3.63, 3.8) is 0 Å². The standard InChI is InChI=1S/C19H30N2O2/c1-4-18(23-17-9-8-15(2)16(3)14-17)19(22)20-10-7-13-21-11-5-6-12-21/h8-9,14,18H,4-7,10-13H2,1-3H3,(H,20,22)/t18-/m0/s1. The number of nitrogens with one attached hydrogen (secondary N) is 1. The minimum atomic E-state index is -0.413. The molecule has 0 spiro atoms. The van der Waals surface area contributed by atoms with E-state index < -0.39 is 6.10 Å². The average molecular weight is 318 g/mol. The van der Waals surface area contributed by atoms with Gasteiger partial charge in [-0.3, -0.25) is 4.79 Å². The second-order valence-electron chi connectivity index (χ2n) is 6.45. The number of benzene rings is 1. The van der Waals surface area contributed by atoms with Crippen molar-refractivity contribution in [2.45, 2.75) is 52.6 Å². The third kappa shape index (κ3) is 5.54. The van der Waals surface area contributed by atoms with Crippen molar-refractivity contribution in [1.29, 1.82) is 0 Å². The number of aryl methyl sites for hydroxylation is 2. The van der Waals surface area contributed by atoms with Crippen LogP contribution in [-0.2, 0) is 4.79 Å². The summed E-state index contributed by atoms with van der Waals surface area (Å²) in [7, 11) is 0. The summed E-state index contributed by atoms with van der Waals surface area (Å²) in [6.45, 7) is 10.3. The fourth-order valence-corrected chi connectivity index (χ4v) is 2.91. The van der Waals surface area contributed by atoms with Crippen LogP contribution in [-0.4, -0.2) is 43.1 Å². The number of nitrogens with zero attached hydrogens (tertiary/aromatic N) is 1. The van der Waals surface area contributed by atoms with Crippen molar-refractivity contribution in [2.75, 3.05) is 26.2 Å². The molecule has 0 aromatic heterocycles. The van der Waals surface area contributed by atoms with E-state index in [-0.39, 0.29) is 5.91 Å². The lowest BCUT2D eigenvalue weighted by Gasteiger charge is -2.19. The first-order chi connectivity index (χ1) is 11.1. The van der Waals surface area contributed by atoms with Gasteiger partial charge in [-0.05, 0) is 82.4 Å². The Balaban J connectivity index is 1.75. The maximum atomic E-state index is 12.3. The third-order valence-electron chi connectivity index (χ3n) is 4.57. The first-order valence-corrected chi connectivity index (χ1v) is 8.84. The van der Waals surface area contributed by atoms with E-state index in [4.69, 9.17) is 4.74 Å². The lowest BCUT2D eigenvalue weighted by Crippen LogP contribution is -2.39. The van der Waals surface area contributed by atoms with Gasteiger partial charge < -0.3 is 15.0 Å². The summed E-state index contributed by atoms with van der Waals surface area (Å²) in [4.78, 5) is 14.7. The molecule has 1 aromatic rings. The van der Waals surface area contributed by atoms with Crippen LogP contribution in [0.4, 0.5) is 0 Å². The van der Waals surface area contributed by atoms with Gasteiger partial charge >= 0.3 is 0 Å². The summed E-state index contributed by atoms with van der Waals surface area (Å²) >= 11 is 0. The largest absolute Gasteiger partial charge is 0.481 e. The summed E-state index contributed by atoms with van der Waals surface area (Å²) in [5, 5.41) is 3.01. The van der Waals surface area contributed by atoms with Gasteiger partial charge in [-0.2, -0.15) is 0 Å². The van der Waals surface area contributed by atoms with Crippen molar-refractivity contribution in [3.05, 3.63) is 29.3 Å². The van der Waals surface area contributed by atoms with E-state index in [1.165, 1.54) is 37.1 Å². The average Bonchev–Trinajstić information content (AvgIpc) is 3.05. The van der Waals surface area contributed by atoms with E-state index in [0.717, 1.165) is 25.3 Å². The molecule has 1 saturated heterocycles. The molecule has 0 saturated carbocycles. The first kappa shape index (κ1) is 17.8. The summed E-state index contributed by atoms with van der Waals surface area (Å²) in [5.74, 6) is 0.763. The second-order valence-corrected chi connectivity index (χ2v) is 6.45. The number of amides is 1. The van der Waals surface area contributed by atoms with Crippen LogP contribution in [0.2, 0.25) is 0 Å². The zero-order valence-electron chi connectivity index (χ0n) is 14.7. The molecule has 23 heavy (non-hydrogen) atoms. The Hall–Kier alpha value is -1.55. The maximum Gasteiger partial charge on any atom is 0.261 e. The molecule has 2 rings (SSSR count). The molecule has 1 N–H and O–H groups in total. The molecule has 4 heteroatoms. The van der Waals surface area contributed by atoms with E-state index >= 15 is 0 Å². The number of hydrogen-bond acceptors (Lipinski definition) is 3. The zero-order chi connectivity index (χ0) is 16.7. The predicted molar refractivity (Wildman–Crippen MR) is 93.9 cm³/mol. The highest BCUT2D eigenvalue weighted by Crippen LogP contribution is 2.18. The molecule has 0 aliphatic carbocycles. The van der Waals surface area contributed by atoms with Crippen LogP contribution in [0.1, 0.15) is 43.7 Å². The van der Waals surface area contributed by atoms with E-state index in [0.29, 0.717) is 6.42 Å². The van der Waals surface area contributed by atoms with Gasteiger partial charge in [0.15, 0.2) is 6.10 Å². The normalized spacial score (nSPS) is 16.3.